The lowest BCUT2D eigenvalue weighted by molar-refractivity contribution is -0.117. The number of benzene rings is 2. The van der Waals surface area contributed by atoms with Crippen LogP contribution in [0.1, 0.15) is 56.0 Å². The molecule has 0 aliphatic carbocycles. The molecule has 0 unspecified atom stereocenters. The van der Waals surface area contributed by atoms with Crippen LogP contribution in [0.3, 0.4) is 0 Å². The van der Waals surface area contributed by atoms with Crippen LogP contribution in [-0.2, 0) is 10.2 Å². The van der Waals surface area contributed by atoms with Crippen LogP contribution in [0, 0.1) is 20.8 Å². The number of anilines is 3. The summed E-state index contributed by atoms with van der Waals surface area (Å²) in [4.78, 5) is 40.8. The Morgan fingerprint density at radius 1 is 0.935 bits per heavy atom. The first kappa shape index (κ1) is 30.9. The van der Waals surface area contributed by atoms with Gasteiger partial charge in [0, 0.05) is 30.6 Å². The second-order valence-electron chi connectivity index (χ2n) is 12.4. The molecule has 3 amide bonds. The Labute approximate surface area is 271 Å². The van der Waals surface area contributed by atoms with Crippen LogP contribution in [0.5, 0.6) is 11.8 Å². The number of aryl methyl sites for hydroxylation is 2. The van der Waals surface area contributed by atoms with Crippen LogP contribution in [0.25, 0.3) is 16.1 Å². The summed E-state index contributed by atoms with van der Waals surface area (Å²) in [6.07, 6.45) is 6.20. The van der Waals surface area contributed by atoms with E-state index in [1.54, 1.807) is 15.8 Å². The number of hydrogen-bond donors (Lipinski definition) is 2. The van der Waals surface area contributed by atoms with Gasteiger partial charge in [-0.15, -0.1) is 0 Å². The number of carbonyl (C=O) groups is 2. The van der Waals surface area contributed by atoms with Gasteiger partial charge in [-0.3, -0.25) is 15.0 Å². The number of amides is 3. The smallest absolute Gasteiger partial charge is 0.324 e. The van der Waals surface area contributed by atoms with Crippen molar-refractivity contribution in [3.05, 3.63) is 83.4 Å². The van der Waals surface area contributed by atoms with E-state index in [1.165, 1.54) is 29.3 Å². The predicted octanol–water partition coefficient (Wildman–Crippen LogP) is 7.57. The number of urea groups is 1. The van der Waals surface area contributed by atoms with E-state index in [0.717, 1.165) is 51.0 Å². The molecule has 236 valence electrons. The number of hydrogen-bond acceptors (Lipinski definition) is 8. The zero-order chi connectivity index (χ0) is 32.6. The third kappa shape index (κ3) is 6.62. The number of thiazole rings is 1. The van der Waals surface area contributed by atoms with E-state index in [4.69, 9.17) is 9.84 Å². The molecule has 4 heterocycles. The SMILES string of the molecule is Cc1cc(-n2nc(C(C)(C)C)cc2NC(=O)Nc2cnc(Oc3ccc(-c4cnc(N5CCCC5=O)s4)cc3)nc2)cc(C)c1C. The van der Waals surface area contributed by atoms with Crippen LogP contribution in [0.4, 0.5) is 21.4 Å². The lowest BCUT2D eigenvalue weighted by Crippen LogP contribution is -2.23. The summed E-state index contributed by atoms with van der Waals surface area (Å²) >= 11 is 1.49. The Kier molecular flexibility index (Phi) is 8.30. The topological polar surface area (TPSA) is 127 Å². The quantitative estimate of drug-likeness (QED) is 0.189. The zero-order valence-electron chi connectivity index (χ0n) is 26.7. The van der Waals surface area contributed by atoms with Crippen molar-refractivity contribution in [3.8, 4) is 27.9 Å². The van der Waals surface area contributed by atoms with Crippen LogP contribution in [0.15, 0.2) is 61.1 Å². The van der Waals surface area contributed by atoms with E-state index in [2.05, 4.69) is 79.3 Å². The number of rotatable bonds is 7. The molecule has 2 N–H and O–H groups in total. The average molecular weight is 637 g/mol. The highest BCUT2D eigenvalue weighted by molar-refractivity contribution is 7.19. The van der Waals surface area contributed by atoms with Gasteiger partial charge < -0.3 is 10.1 Å². The maximum absolute atomic E-state index is 13.1. The van der Waals surface area contributed by atoms with Gasteiger partial charge in [-0.05, 0) is 85.8 Å². The molecule has 12 heteroatoms. The number of nitrogens with zero attached hydrogens (tertiary/aromatic N) is 6. The molecule has 1 saturated heterocycles. The maximum atomic E-state index is 13.1. The Morgan fingerprint density at radius 3 is 2.26 bits per heavy atom. The van der Waals surface area contributed by atoms with Crippen molar-refractivity contribution in [1.29, 1.82) is 0 Å². The molecule has 11 nitrogen and oxygen atoms in total. The third-order valence-corrected chi connectivity index (χ3v) is 8.98. The van der Waals surface area contributed by atoms with E-state index < -0.39 is 6.03 Å². The molecule has 0 radical (unpaired) electrons. The molecular formula is C34H36N8O3S. The first-order chi connectivity index (χ1) is 21.9. The van der Waals surface area contributed by atoms with Gasteiger partial charge >= 0.3 is 12.0 Å². The number of aromatic nitrogens is 5. The summed E-state index contributed by atoms with van der Waals surface area (Å²) in [5, 5.41) is 11.3. The highest BCUT2D eigenvalue weighted by atomic mass is 32.1. The lowest BCUT2D eigenvalue weighted by Gasteiger charge is -2.14. The fourth-order valence-corrected chi connectivity index (χ4v) is 6.01. The second-order valence-corrected chi connectivity index (χ2v) is 13.4. The van der Waals surface area contributed by atoms with Gasteiger partial charge in [0.2, 0.25) is 5.91 Å². The van der Waals surface area contributed by atoms with Crippen molar-refractivity contribution in [2.45, 2.75) is 59.8 Å². The van der Waals surface area contributed by atoms with Crippen molar-refractivity contribution in [3.63, 3.8) is 0 Å². The monoisotopic (exact) mass is 636 g/mol. The Hall–Kier alpha value is -5.10. The van der Waals surface area contributed by atoms with Crippen molar-refractivity contribution in [1.82, 2.24) is 24.7 Å². The lowest BCUT2D eigenvalue weighted by atomic mass is 9.92. The molecule has 1 aliphatic rings. The van der Waals surface area contributed by atoms with Gasteiger partial charge in [0.1, 0.15) is 11.6 Å². The molecule has 0 saturated carbocycles. The number of carbonyl (C=O) groups excluding carboxylic acids is 2. The van der Waals surface area contributed by atoms with Gasteiger partial charge in [-0.25, -0.2) is 24.4 Å². The molecule has 3 aromatic heterocycles. The summed E-state index contributed by atoms with van der Waals surface area (Å²) in [6.45, 7) is 13.2. The van der Waals surface area contributed by atoms with E-state index >= 15 is 0 Å². The predicted molar refractivity (Wildman–Crippen MR) is 180 cm³/mol. The molecule has 0 bridgehead atoms. The van der Waals surface area contributed by atoms with Crippen molar-refractivity contribution < 1.29 is 14.3 Å². The second kappa shape index (κ2) is 12.4. The average Bonchev–Trinajstić information content (AvgIpc) is 3.77. The summed E-state index contributed by atoms with van der Waals surface area (Å²) in [5.74, 6) is 1.23. The third-order valence-electron chi connectivity index (χ3n) is 7.91. The normalized spacial score (nSPS) is 13.3. The molecule has 46 heavy (non-hydrogen) atoms. The summed E-state index contributed by atoms with van der Waals surface area (Å²) < 4.78 is 7.59. The minimum atomic E-state index is -0.449. The van der Waals surface area contributed by atoms with Gasteiger partial charge in [-0.2, -0.15) is 5.10 Å². The van der Waals surface area contributed by atoms with E-state index in [9.17, 15) is 9.59 Å². The Balaban J connectivity index is 1.10. The van der Waals surface area contributed by atoms with Crippen LogP contribution in [-0.4, -0.2) is 43.2 Å². The Bertz CT molecular complexity index is 1880. The molecule has 0 atom stereocenters. The fraction of sp³-hybridized carbons (Fsp3) is 0.294. The van der Waals surface area contributed by atoms with Gasteiger partial charge in [0.25, 0.3) is 0 Å². The van der Waals surface area contributed by atoms with Gasteiger partial charge in [0.05, 0.1) is 34.3 Å². The molecular weight excluding hydrogens is 600 g/mol. The summed E-state index contributed by atoms with van der Waals surface area (Å²) in [5.41, 5.74) is 6.42. The maximum Gasteiger partial charge on any atom is 0.324 e. The molecule has 1 aliphatic heterocycles. The largest absolute Gasteiger partial charge is 0.424 e. The molecule has 2 aromatic carbocycles. The highest BCUT2D eigenvalue weighted by Gasteiger charge is 2.25. The molecule has 0 spiro atoms. The van der Waals surface area contributed by atoms with Gasteiger partial charge in [0.15, 0.2) is 5.13 Å². The minimum Gasteiger partial charge on any atom is -0.424 e. The fourth-order valence-electron chi connectivity index (χ4n) is 5.05. The number of nitrogens with one attached hydrogen (secondary N) is 2. The Morgan fingerprint density at radius 2 is 1.63 bits per heavy atom. The summed E-state index contributed by atoms with van der Waals surface area (Å²) in [7, 11) is 0. The first-order valence-electron chi connectivity index (χ1n) is 15.1. The zero-order valence-corrected chi connectivity index (χ0v) is 27.5. The molecule has 6 rings (SSSR count). The van der Waals surface area contributed by atoms with E-state index in [1.807, 2.05) is 30.3 Å². The first-order valence-corrected chi connectivity index (χ1v) is 15.9. The van der Waals surface area contributed by atoms with Crippen LogP contribution < -0.4 is 20.3 Å². The van der Waals surface area contributed by atoms with E-state index in [0.29, 0.717) is 23.7 Å². The standard InChI is InChI=1S/C34H36N8O3S/c1-20-14-25(15-21(2)22(20)3)42-29(16-28(40-42)34(4,5)6)39-31(44)38-24-17-35-32(36-18-24)45-26-11-9-23(10-12-26)27-19-37-33(46-27)41-13-7-8-30(41)43/h9-12,14-19H,7-8,13H2,1-6H3,(H2,38,39,44). The van der Waals surface area contributed by atoms with Gasteiger partial charge in [-0.1, -0.05) is 32.1 Å². The van der Waals surface area contributed by atoms with Crippen LogP contribution >= 0.6 is 11.3 Å². The number of ether oxygens (including phenoxy) is 1. The molecule has 1 fully saturated rings. The van der Waals surface area contributed by atoms with Crippen LogP contribution in [0.2, 0.25) is 0 Å². The van der Waals surface area contributed by atoms with E-state index in [-0.39, 0.29) is 17.3 Å². The highest BCUT2D eigenvalue weighted by Crippen LogP contribution is 2.34. The molecule has 5 aromatic rings. The minimum absolute atomic E-state index is 0.122. The van der Waals surface area contributed by atoms with Crippen molar-refractivity contribution in [2.24, 2.45) is 0 Å². The summed E-state index contributed by atoms with van der Waals surface area (Å²) in [6, 6.07) is 13.2. The van der Waals surface area contributed by atoms with Crippen molar-refractivity contribution in [2.75, 3.05) is 22.1 Å². The van der Waals surface area contributed by atoms with Crippen molar-refractivity contribution >= 4 is 39.9 Å².